The summed E-state index contributed by atoms with van der Waals surface area (Å²) in [5, 5.41) is 12.1. The Kier molecular flexibility index (Phi) is 5.79. The van der Waals surface area contributed by atoms with Crippen molar-refractivity contribution in [1.82, 2.24) is 20.1 Å². The Bertz CT molecular complexity index is 591. The first kappa shape index (κ1) is 16.5. The average Bonchev–Trinajstić information content (AvgIpc) is 2.97. The zero-order chi connectivity index (χ0) is 15.4. The number of rotatable bonds is 7. The lowest BCUT2D eigenvalue weighted by molar-refractivity contribution is 0.503. The number of aromatic nitrogens is 3. The highest BCUT2D eigenvalue weighted by Gasteiger charge is 2.18. The summed E-state index contributed by atoms with van der Waals surface area (Å²) in [5.74, 6) is 0. The number of aryl methyl sites for hydroxylation is 3. The Hall–Kier alpha value is -0.910. The van der Waals surface area contributed by atoms with Gasteiger partial charge < -0.3 is 5.32 Å². The van der Waals surface area contributed by atoms with Gasteiger partial charge in [0.25, 0.3) is 0 Å². The Labute approximate surface area is 135 Å². The zero-order valence-electron chi connectivity index (χ0n) is 13.1. The van der Waals surface area contributed by atoms with E-state index in [2.05, 4.69) is 34.6 Å². The van der Waals surface area contributed by atoms with E-state index in [0.717, 1.165) is 47.9 Å². The van der Waals surface area contributed by atoms with E-state index < -0.39 is 0 Å². The molecule has 0 aliphatic rings. The van der Waals surface area contributed by atoms with Crippen molar-refractivity contribution in [2.75, 3.05) is 6.54 Å². The Morgan fingerprint density at radius 2 is 2.14 bits per heavy atom. The lowest BCUT2D eigenvalue weighted by Crippen LogP contribution is -2.33. The molecule has 0 aromatic carbocycles. The van der Waals surface area contributed by atoms with Gasteiger partial charge in [-0.05, 0) is 19.9 Å². The summed E-state index contributed by atoms with van der Waals surface area (Å²) in [5.41, 5.74) is 3.18. The van der Waals surface area contributed by atoms with E-state index in [-0.39, 0.29) is 0 Å². The van der Waals surface area contributed by atoms with Gasteiger partial charge in [0, 0.05) is 37.0 Å². The van der Waals surface area contributed by atoms with Gasteiger partial charge in [-0.1, -0.05) is 25.4 Å². The van der Waals surface area contributed by atoms with Crippen LogP contribution in [0.5, 0.6) is 0 Å². The predicted octanol–water partition coefficient (Wildman–Crippen LogP) is 3.16. The molecule has 0 saturated heterocycles. The summed E-state index contributed by atoms with van der Waals surface area (Å²) in [6, 6.07) is 0.332. The van der Waals surface area contributed by atoms with Gasteiger partial charge >= 0.3 is 0 Å². The van der Waals surface area contributed by atoms with E-state index in [1.165, 1.54) is 5.01 Å². The van der Waals surface area contributed by atoms with Crippen molar-refractivity contribution in [3.05, 3.63) is 32.5 Å². The third-order valence-electron chi connectivity index (χ3n) is 3.52. The van der Waals surface area contributed by atoms with Crippen LogP contribution in [0.25, 0.3) is 0 Å². The Morgan fingerprint density at radius 3 is 2.67 bits per heavy atom. The van der Waals surface area contributed by atoms with Crippen LogP contribution in [0, 0.1) is 6.92 Å². The maximum absolute atomic E-state index is 6.46. The van der Waals surface area contributed by atoms with Crippen molar-refractivity contribution in [3.8, 4) is 0 Å². The maximum atomic E-state index is 6.46. The second-order valence-electron chi connectivity index (χ2n) is 5.23. The maximum Gasteiger partial charge on any atom is 0.0943 e. The molecule has 1 N–H and O–H groups in total. The fourth-order valence-electron chi connectivity index (χ4n) is 2.49. The van der Waals surface area contributed by atoms with E-state index in [0.29, 0.717) is 6.04 Å². The molecule has 2 aromatic rings. The minimum atomic E-state index is 0.332. The summed E-state index contributed by atoms with van der Waals surface area (Å²) in [6.45, 7) is 7.18. The van der Waals surface area contributed by atoms with E-state index in [4.69, 9.17) is 11.6 Å². The van der Waals surface area contributed by atoms with Crippen molar-refractivity contribution in [2.24, 2.45) is 7.05 Å². The summed E-state index contributed by atoms with van der Waals surface area (Å²) < 4.78 is 1.92. The number of nitrogens with zero attached hydrogens (tertiary/aromatic N) is 3. The largest absolute Gasteiger partial charge is 0.313 e. The Morgan fingerprint density at radius 1 is 1.38 bits per heavy atom. The highest BCUT2D eigenvalue weighted by Crippen LogP contribution is 2.23. The van der Waals surface area contributed by atoms with Gasteiger partial charge in [-0.25, -0.2) is 4.98 Å². The quantitative estimate of drug-likeness (QED) is 0.850. The molecule has 0 amide bonds. The van der Waals surface area contributed by atoms with Crippen LogP contribution in [0.3, 0.4) is 0 Å². The summed E-state index contributed by atoms with van der Waals surface area (Å²) in [4.78, 5) is 4.56. The third-order valence-corrected chi connectivity index (χ3v) is 4.95. The first-order chi connectivity index (χ1) is 10.0. The van der Waals surface area contributed by atoms with Crippen LogP contribution in [0.4, 0.5) is 0 Å². The van der Waals surface area contributed by atoms with Crippen molar-refractivity contribution < 1.29 is 0 Å². The van der Waals surface area contributed by atoms with E-state index in [9.17, 15) is 0 Å². The molecule has 0 bridgehead atoms. The molecule has 0 saturated carbocycles. The molecule has 1 unspecified atom stereocenters. The predicted molar refractivity (Wildman–Crippen MR) is 89.3 cm³/mol. The first-order valence-corrected chi connectivity index (χ1v) is 8.65. The molecular weight excluding hydrogens is 304 g/mol. The van der Waals surface area contributed by atoms with Gasteiger partial charge in [0.15, 0.2) is 0 Å². The number of thiazole rings is 1. The number of nitrogens with one attached hydrogen (secondary N) is 1. The normalized spacial score (nSPS) is 12.8. The molecule has 116 valence electrons. The molecule has 0 fully saturated rings. The molecule has 0 spiro atoms. The van der Waals surface area contributed by atoms with Gasteiger partial charge in [-0.3, -0.25) is 4.68 Å². The monoisotopic (exact) mass is 326 g/mol. The minimum absolute atomic E-state index is 0.332. The summed E-state index contributed by atoms with van der Waals surface area (Å²) in [7, 11) is 1.97. The molecule has 1 atom stereocenters. The minimum Gasteiger partial charge on any atom is -0.313 e. The van der Waals surface area contributed by atoms with Crippen LogP contribution in [-0.4, -0.2) is 27.4 Å². The van der Waals surface area contributed by atoms with Crippen LogP contribution in [0.2, 0.25) is 5.02 Å². The highest BCUT2D eigenvalue weighted by molar-refractivity contribution is 7.09. The lowest BCUT2D eigenvalue weighted by Gasteiger charge is -2.17. The molecule has 21 heavy (non-hydrogen) atoms. The molecular formula is C15H23ClN4S. The first-order valence-electron chi connectivity index (χ1n) is 7.39. The van der Waals surface area contributed by atoms with E-state index in [1.54, 1.807) is 11.3 Å². The Balaban J connectivity index is 2.14. The SMILES string of the molecule is CCNC(Cc1nc(C)cs1)Cc1c(Cl)c(CC)nn1C. The fourth-order valence-corrected chi connectivity index (χ4v) is 3.71. The number of likely N-dealkylation sites (N-methyl/N-ethyl adjacent to an activating group) is 1. The topological polar surface area (TPSA) is 42.7 Å². The van der Waals surface area contributed by atoms with Crippen molar-refractivity contribution in [1.29, 1.82) is 0 Å². The second-order valence-corrected chi connectivity index (χ2v) is 6.55. The second kappa shape index (κ2) is 7.38. The molecule has 0 radical (unpaired) electrons. The molecule has 2 heterocycles. The molecule has 0 aliphatic carbocycles. The van der Waals surface area contributed by atoms with Gasteiger partial charge in [0.2, 0.25) is 0 Å². The van der Waals surface area contributed by atoms with Crippen LogP contribution in [-0.2, 0) is 26.3 Å². The van der Waals surface area contributed by atoms with Crippen LogP contribution < -0.4 is 5.32 Å². The van der Waals surface area contributed by atoms with Gasteiger partial charge in [-0.15, -0.1) is 11.3 Å². The molecule has 4 nitrogen and oxygen atoms in total. The third kappa shape index (κ3) is 4.05. The van der Waals surface area contributed by atoms with Gasteiger partial charge in [0.1, 0.15) is 0 Å². The molecule has 0 aliphatic heterocycles. The molecule has 2 aromatic heterocycles. The standard InChI is InChI=1S/C15H23ClN4S/c1-5-12-15(16)13(20(4)19-12)7-11(17-6-2)8-14-18-10(3)9-21-14/h9,11,17H,5-8H2,1-4H3. The van der Waals surface area contributed by atoms with Gasteiger partial charge in [-0.2, -0.15) is 5.10 Å². The summed E-state index contributed by atoms with van der Waals surface area (Å²) >= 11 is 8.18. The van der Waals surface area contributed by atoms with E-state index in [1.807, 2.05) is 18.7 Å². The molecule has 2 rings (SSSR count). The van der Waals surface area contributed by atoms with Crippen LogP contribution >= 0.6 is 22.9 Å². The van der Waals surface area contributed by atoms with Crippen LogP contribution in [0.1, 0.15) is 35.9 Å². The fraction of sp³-hybridized carbons (Fsp3) is 0.600. The van der Waals surface area contributed by atoms with E-state index >= 15 is 0 Å². The van der Waals surface area contributed by atoms with Crippen molar-refractivity contribution in [2.45, 2.75) is 46.1 Å². The zero-order valence-corrected chi connectivity index (χ0v) is 14.7. The number of halogens is 1. The van der Waals surface area contributed by atoms with Gasteiger partial charge in [0.05, 0.1) is 21.4 Å². The van der Waals surface area contributed by atoms with Crippen molar-refractivity contribution >= 4 is 22.9 Å². The number of hydrogen-bond donors (Lipinski definition) is 1. The highest BCUT2D eigenvalue weighted by atomic mass is 35.5. The average molecular weight is 327 g/mol. The van der Waals surface area contributed by atoms with Crippen LogP contribution in [0.15, 0.2) is 5.38 Å². The number of hydrogen-bond acceptors (Lipinski definition) is 4. The summed E-state index contributed by atoms with van der Waals surface area (Å²) in [6.07, 6.45) is 2.66. The lowest BCUT2D eigenvalue weighted by atomic mass is 10.1. The smallest absolute Gasteiger partial charge is 0.0943 e. The molecule has 6 heteroatoms. The van der Waals surface area contributed by atoms with Crippen molar-refractivity contribution in [3.63, 3.8) is 0 Å².